The average Bonchev–Trinajstić information content (AvgIpc) is 3.74. The third kappa shape index (κ3) is 7.14. The predicted octanol–water partition coefficient (Wildman–Crippen LogP) is 11.5. The van der Waals surface area contributed by atoms with Crippen LogP contribution in [0.4, 0.5) is 0 Å². The smallest absolute Gasteiger partial charge is 0.123 e. The molecule has 9 rings (SSSR count). The minimum absolute atomic E-state index is 0. The molecular formula is C45H41IrN3OSi-2. The minimum atomic E-state index is -1.36. The molecule has 1 radical (unpaired) electrons. The summed E-state index contributed by atoms with van der Waals surface area (Å²) in [6.45, 7) is 7.31. The summed E-state index contributed by atoms with van der Waals surface area (Å²) in [5.41, 5.74) is 9.53. The molecule has 0 atom stereocenters. The van der Waals surface area contributed by atoms with Crippen molar-refractivity contribution in [2.75, 3.05) is 0 Å². The maximum Gasteiger partial charge on any atom is 0.123 e. The number of benzene rings is 5. The number of para-hydroxylation sites is 4. The molecule has 3 aromatic heterocycles. The van der Waals surface area contributed by atoms with Crippen LogP contribution in [-0.2, 0) is 20.1 Å². The summed E-state index contributed by atoms with van der Waals surface area (Å²) in [7, 11) is -1.36. The Morgan fingerprint density at radius 3 is 2.25 bits per heavy atom. The summed E-state index contributed by atoms with van der Waals surface area (Å²) in [5, 5.41) is 3.73. The number of aromatic nitrogens is 3. The summed E-state index contributed by atoms with van der Waals surface area (Å²) >= 11 is 0. The van der Waals surface area contributed by atoms with Crippen LogP contribution in [0.15, 0.2) is 132 Å². The molecule has 0 spiro atoms. The van der Waals surface area contributed by atoms with E-state index in [9.17, 15) is 0 Å². The topological polar surface area (TPSA) is 43.9 Å². The Labute approximate surface area is 315 Å². The van der Waals surface area contributed by atoms with Gasteiger partial charge in [0.15, 0.2) is 0 Å². The van der Waals surface area contributed by atoms with Gasteiger partial charge in [-0.25, -0.2) is 0 Å². The van der Waals surface area contributed by atoms with Crippen LogP contribution in [0.2, 0.25) is 19.6 Å². The first kappa shape index (κ1) is 34.8. The molecule has 1 fully saturated rings. The number of imidazole rings is 1. The molecule has 51 heavy (non-hydrogen) atoms. The van der Waals surface area contributed by atoms with Gasteiger partial charge in [-0.2, -0.15) is 0 Å². The van der Waals surface area contributed by atoms with Crippen LogP contribution in [-0.4, -0.2) is 22.6 Å². The second-order valence-corrected chi connectivity index (χ2v) is 19.4. The normalized spacial score (nSPS) is 13.5. The van der Waals surface area contributed by atoms with Gasteiger partial charge in [-0.05, 0) is 65.4 Å². The maximum absolute atomic E-state index is 6.08. The second-order valence-electron chi connectivity index (χ2n) is 14.3. The van der Waals surface area contributed by atoms with E-state index in [1.165, 1.54) is 32.1 Å². The number of pyridine rings is 1. The van der Waals surface area contributed by atoms with Crippen molar-refractivity contribution in [3.05, 3.63) is 145 Å². The van der Waals surface area contributed by atoms with Gasteiger partial charge in [-0.1, -0.05) is 111 Å². The van der Waals surface area contributed by atoms with E-state index in [0.29, 0.717) is 0 Å². The molecule has 4 nitrogen and oxygen atoms in total. The molecule has 257 valence electrons. The zero-order valence-corrected chi connectivity index (χ0v) is 32.7. The molecule has 1 aliphatic carbocycles. The van der Waals surface area contributed by atoms with E-state index in [0.717, 1.165) is 67.2 Å². The van der Waals surface area contributed by atoms with Gasteiger partial charge in [-0.15, -0.1) is 53.6 Å². The van der Waals surface area contributed by atoms with E-state index in [1.54, 1.807) is 10.8 Å². The molecule has 6 heteroatoms. The molecule has 1 aliphatic rings. The summed E-state index contributed by atoms with van der Waals surface area (Å²) < 4.78 is 8.25. The molecule has 3 heterocycles. The van der Waals surface area contributed by atoms with E-state index < -0.39 is 8.07 Å². The molecular weight excluding hydrogens is 819 g/mol. The number of nitrogens with zero attached hydrogens (tertiary/aromatic N) is 3. The Kier molecular flexibility index (Phi) is 10.2. The molecule has 0 amide bonds. The van der Waals surface area contributed by atoms with Crippen molar-refractivity contribution in [2.24, 2.45) is 0 Å². The van der Waals surface area contributed by atoms with Gasteiger partial charge in [0.25, 0.3) is 0 Å². The first-order valence-electron chi connectivity index (χ1n) is 17.8. The zero-order chi connectivity index (χ0) is 34.1. The van der Waals surface area contributed by atoms with Crippen molar-refractivity contribution >= 4 is 46.2 Å². The molecule has 8 aromatic rings. The summed E-state index contributed by atoms with van der Waals surface area (Å²) in [5.74, 6) is 1.59. The first-order valence-corrected chi connectivity index (χ1v) is 21.3. The number of hydrogen-bond acceptors (Lipinski definition) is 3. The van der Waals surface area contributed by atoms with Gasteiger partial charge in [0.1, 0.15) is 5.58 Å². The number of furan rings is 1. The molecule has 0 N–H and O–H groups in total. The SMILES string of the molecule is C[Si](C)(C)c1cnc(-c2[c-]cccc2)cc1C1CCCCC1.[Ir].[c-]1cc2c(cc1-c1nc3ccccc3n1-c1ccccc1)oc1ccccc12. The van der Waals surface area contributed by atoms with Crippen LogP contribution in [0.5, 0.6) is 0 Å². The van der Waals surface area contributed by atoms with Crippen LogP contribution in [0.3, 0.4) is 0 Å². The van der Waals surface area contributed by atoms with E-state index in [-0.39, 0.29) is 20.1 Å². The third-order valence-electron chi connectivity index (χ3n) is 9.90. The largest absolute Gasteiger partial charge is 0.476 e. The van der Waals surface area contributed by atoms with Gasteiger partial charge in [-0.3, -0.25) is 4.98 Å². The van der Waals surface area contributed by atoms with Crippen LogP contribution < -0.4 is 5.19 Å². The Hall–Kier alpha value is -4.61. The monoisotopic (exact) mass is 860 g/mol. The van der Waals surface area contributed by atoms with E-state index in [2.05, 4.69) is 85.0 Å². The van der Waals surface area contributed by atoms with Crippen molar-refractivity contribution < 1.29 is 24.5 Å². The van der Waals surface area contributed by atoms with Crippen LogP contribution in [0, 0.1) is 12.1 Å². The van der Waals surface area contributed by atoms with Gasteiger partial charge >= 0.3 is 0 Å². The second kappa shape index (κ2) is 14.9. The number of hydrogen-bond donors (Lipinski definition) is 0. The maximum atomic E-state index is 6.08. The summed E-state index contributed by atoms with van der Waals surface area (Å²) in [4.78, 5) is 9.68. The fraction of sp³-hybridized carbons (Fsp3) is 0.200. The molecule has 0 saturated heterocycles. The Morgan fingerprint density at radius 1 is 0.725 bits per heavy atom. The van der Waals surface area contributed by atoms with Crippen LogP contribution >= 0.6 is 0 Å². The van der Waals surface area contributed by atoms with Crippen molar-refractivity contribution in [1.29, 1.82) is 0 Å². The standard InChI is InChI=1S/C25H15N2O.C20H26NSi.Ir/c1-2-8-18(9-3-1)27-22-12-6-5-11-21(22)26-25(27)17-14-15-20-19-10-4-7-13-23(19)28-24(20)16-17;1-22(2,3)20-15-21-19(17-12-8-5-9-13-17)14-18(20)16-10-6-4-7-11-16;/h1-13,15-16H;5,8-9,12,14-16H,4,6-7,10-11H2,1-3H3;/q2*-1;. The predicted molar refractivity (Wildman–Crippen MR) is 210 cm³/mol. The van der Waals surface area contributed by atoms with Crippen molar-refractivity contribution in [1.82, 2.24) is 14.5 Å². The van der Waals surface area contributed by atoms with Gasteiger partial charge in [0, 0.05) is 32.0 Å². The van der Waals surface area contributed by atoms with Crippen molar-refractivity contribution in [3.63, 3.8) is 0 Å². The van der Waals surface area contributed by atoms with E-state index in [1.807, 2.05) is 78.9 Å². The van der Waals surface area contributed by atoms with E-state index >= 15 is 0 Å². The average molecular weight is 860 g/mol. The molecule has 0 unspecified atom stereocenters. The molecule has 5 aromatic carbocycles. The zero-order valence-electron chi connectivity index (χ0n) is 29.3. The molecule has 0 aliphatic heterocycles. The van der Waals surface area contributed by atoms with Gasteiger partial charge in [0.2, 0.25) is 0 Å². The molecule has 1 saturated carbocycles. The fourth-order valence-corrected chi connectivity index (χ4v) is 8.98. The Bertz CT molecular complexity index is 2400. The quantitative estimate of drug-likeness (QED) is 0.128. The summed E-state index contributed by atoms with van der Waals surface area (Å²) in [6, 6.07) is 47.9. The third-order valence-corrected chi connectivity index (χ3v) is 11.9. The number of rotatable bonds is 5. The van der Waals surface area contributed by atoms with E-state index in [4.69, 9.17) is 14.4 Å². The minimum Gasteiger partial charge on any atom is -0.476 e. The Morgan fingerprint density at radius 2 is 1.47 bits per heavy atom. The van der Waals surface area contributed by atoms with Gasteiger partial charge in [0.05, 0.1) is 30.5 Å². The first-order chi connectivity index (χ1) is 24.4. The van der Waals surface area contributed by atoms with Crippen LogP contribution in [0.1, 0.15) is 43.6 Å². The van der Waals surface area contributed by atoms with Crippen LogP contribution in [0.25, 0.3) is 61.3 Å². The molecule has 0 bridgehead atoms. The Balaban J connectivity index is 0.000000161. The van der Waals surface area contributed by atoms with Gasteiger partial charge < -0.3 is 14.0 Å². The van der Waals surface area contributed by atoms with Crippen molar-refractivity contribution in [3.8, 4) is 28.3 Å². The fourth-order valence-electron chi connectivity index (χ4n) is 7.39. The van der Waals surface area contributed by atoms with Crippen molar-refractivity contribution in [2.45, 2.75) is 57.7 Å². The summed E-state index contributed by atoms with van der Waals surface area (Å²) in [6.07, 6.45) is 9.03. The number of fused-ring (bicyclic) bond motifs is 4.